The standard InChI is InChI=1S/C10H7Cl2NOS/c11-7-3-4-13-10(5-7)15-6-8-1-2-9(12)14-8/h1-5H,6H2. The minimum Gasteiger partial charge on any atom is -0.449 e. The molecule has 0 N–H and O–H groups in total. The SMILES string of the molecule is Clc1ccnc(SCc2ccc(Cl)o2)c1. The molecule has 78 valence electrons. The van der Waals surface area contributed by atoms with Crippen molar-refractivity contribution >= 4 is 35.0 Å². The van der Waals surface area contributed by atoms with Crippen molar-refractivity contribution in [1.29, 1.82) is 0 Å². The van der Waals surface area contributed by atoms with Crippen LogP contribution in [0.2, 0.25) is 10.2 Å². The fourth-order valence-corrected chi connectivity index (χ4v) is 2.22. The molecule has 2 aromatic heterocycles. The van der Waals surface area contributed by atoms with Gasteiger partial charge in [-0.1, -0.05) is 23.4 Å². The Morgan fingerprint density at radius 3 is 2.80 bits per heavy atom. The van der Waals surface area contributed by atoms with Crippen LogP contribution >= 0.6 is 35.0 Å². The van der Waals surface area contributed by atoms with Crippen LogP contribution in [0.4, 0.5) is 0 Å². The highest BCUT2D eigenvalue weighted by Gasteiger charge is 2.02. The van der Waals surface area contributed by atoms with Crippen molar-refractivity contribution in [2.45, 2.75) is 10.8 Å². The van der Waals surface area contributed by atoms with Gasteiger partial charge in [-0.2, -0.15) is 0 Å². The van der Waals surface area contributed by atoms with Crippen LogP contribution in [0.25, 0.3) is 0 Å². The molecule has 0 aliphatic heterocycles. The van der Waals surface area contributed by atoms with Crippen molar-refractivity contribution < 1.29 is 4.42 Å². The maximum absolute atomic E-state index is 5.83. The third kappa shape index (κ3) is 3.16. The number of aromatic nitrogens is 1. The van der Waals surface area contributed by atoms with E-state index in [1.165, 1.54) is 0 Å². The Kier molecular flexibility index (Phi) is 3.57. The first kappa shape index (κ1) is 10.9. The van der Waals surface area contributed by atoms with Crippen molar-refractivity contribution in [2.24, 2.45) is 0 Å². The summed E-state index contributed by atoms with van der Waals surface area (Å²) in [7, 11) is 0. The predicted octanol–water partition coefficient (Wildman–Crippen LogP) is 4.27. The number of rotatable bonds is 3. The first-order valence-corrected chi connectivity index (χ1v) is 5.97. The van der Waals surface area contributed by atoms with Gasteiger partial charge in [0.25, 0.3) is 0 Å². The highest BCUT2D eigenvalue weighted by molar-refractivity contribution is 7.98. The largest absolute Gasteiger partial charge is 0.449 e. The molecular formula is C10H7Cl2NOS. The van der Waals surface area contributed by atoms with Gasteiger partial charge in [-0.3, -0.25) is 0 Å². The number of furan rings is 1. The summed E-state index contributed by atoms with van der Waals surface area (Å²) in [6.45, 7) is 0. The molecule has 0 spiro atoms. The van der Waals surface area contributed by atoms with E-state index in [1.807, 2.05) is 12.1 Å². The van der Waals surface area contributed by atoms with Crippen molar-refractivity contribution in [3.8, 4) is 0 Å². The van der Waals surface area contributed by atoms with Crippen LogP contribution in [-0.4, -0.2) is 4.98 Å². The molecule has 2 rings (SSSR count). The van der Waals surface area contributed by atoms with Gasteiger partial charge in [0.15, 0.2) is 5.22 Å². The minimum absolute atomic E-state index is 0.407. The summed E-state index contributed by atoms with van der Waals surface area (Å²) in [5.41, 5.74) is 0. The average Bonchev–Trinajstić information content (AvgIpc) is 2.62. The normalized spacial score (nSPS) is 10.5. The third-order valence-electron chi connectivity index (χ3n) is 1.69. The molecule has 2 heterocycles. The number of hydrogen-bond donors (Lipinski definition) is 0. The van der Waals surface area contributed by atoms with Crippen molar-refractivity contribution in [1.82, 2.24) is 4.98 Å². The highest BCUT2D eigenvalue weighted by atomic mass is 35.5. The number of pyridine rings is 1. The summed E-state index contributed by atoms with van der Waals surface area (Å²) >= 11 is 13.0. The van der Waals surface area contributed by atoms with E-state index in [0.717, 1.165) is 10.8 Å². The molecule has 0 saturated heterocycles. The number of nitrogens with zero attached hydrogens (tertiary/aromatic N) is 1. The molecule has 15 heavy (non-hydrogen) atoms. The third-order valence-corrected chi connectivity index (χ3v) is 3.07. The number of hydrogen-bond acceptors (Lipinski definition) is 3. The van der Waals surface area contributed by atoms with E-state index in [0.29, 0.717) is 16.0 Å². The molecule has 2 nitrogen and oxygen atoms in total. The van der Waals surface area contributed by atoms with Crippen molar-refractivity contribution in [2.75, 3.05) is 0 Å². The van der Waals surface area contributed by atoms with Crippen LogP contribution in [0.3, 0.4) is 0 Å². The Balaban J connectivity index is 1.99. The summed E-state index contributed by atoms with van der Waals surface area (Å²) in [5, 5.41) is 1.96. The molecule has 0 amide bonds. The lowest BCUT2D eigenvalue weighted by Crippen LogP contribution is -1.80. The van der Waals surface area contributed by atoms with E-state index in [9.17, 15) is 0 Å². The molecule has 2 aromatic rings. The molecule has 0 unspecified atom stereocenters. The fraction of sp³-hybridized carbons (Fsp3) is 0.100. The average molecular weight is 260 g/mol. The minimum atomic E-state index is 0.407. The molecule has 0 aromatic carbocycles. The van der Waals surface area contributed by atoms with Gasteiger partial charge in [0.2, 0.25) is 0 Å². The first-order valence-electron chi connectivity index (χ1n) is 4.22. The summed E-state index contributed by atoms with van der Waals surface area (Å²) in [6, 6.07) is 7.13. The van der Waals surface area contributed by atoms with Gasteiger partial charge in [0.1, 0.15) is 5.76 Å². The Morgan fingerprint density at radius 1 is 1.27 bits per heavy atom. The number of halogens is 2. The van der Waals surface area contributed by atoms with Crippen LogP contribution < -0.4 is 0 Å². The van der Waals surface area contributed by atoms with Gasteiger partial charge in [-0.05, 0) is 35.9 Å². The highest BCUT2D eigenvalue weighted by Crippen LogP contribution is 2.24. The topological polar surface area (TPSA) is 26.0 Å². The van der Waals surface area contributed by atoms with Gasteiger partial charge < -0.3 is 4.42 Å². The van der Waals surface area contributed by atoms with Crippen molar-refractivity contribution in [3.63, 3.8) is 0 Å². The molecule has 0 saturated carbocycles. The first-order chi connectivity index (χ1) is 7.24. The van der Waals surface area contributed by atoms with Crippen molar-refractivity contribution in [3.05, 3.63) is 46.5 Å². The van der Waals surface area contributed by atoms with Crippen LogP contribution in [0, 0.1) is 0 Å². The second-order valence-corrected chi connectivity index (χ2v) is 4.61. The summed E-state index contributed by atoms with van der Waals surface area (Å²) in [6.07, 6.45) is 1.68. The van der Waals surface area contributed by atoms with E-state index in [4.69, 9.17) is 27.6 Å². The second kappa shape index (κ2) is 4.92. The van der Waals surface area contributed by atoms with Crippen LogP contribution in [-0.2, 0) is 5.75 Å². The lowest BCUT2D eigenvalue weighted by Gasteiger charge is -1.98. The zero-order chi connectivity index (χ0) is 10.7. The van der Waals surface area contributed by atoms with Gasteiger partial charge in [-0.15, -0.1) is 0 Å². The summed E-state index contributed by atoms with van der Waals surface area (Å²) in [5.74, 6) is 1.52. The fourth-order valence-electron chi connectivity index (χ4n) is 1.04. The zero-order valence-electron chi connectivity index (χ0n) is 7.61. The van der Waals surface area contributed by atoms with Gasteiger partial charge in [-0.25, -0.2) is 4.98 Å². The zero-order valence-corrected chi connectivity index (χ0v) is 9.94. The molecule has 0 radical (unpaired) electrons. The second-order valence-electron chi connectivity index (χ2n) is 2.81. The summed E-state index contributed by atoms with van der Waals surface area (Å²) < 4.78 is 5.22. The summed E-state index contributed by atoms with van der Waals surface area (Å²) in [4.78, 5) is 4.17. The van der Waals surface area contributed by atoms with E-state index < -0.39 is 0 Å². The monoisotopic (exact) mass is 259 g/mol. The molecule has 0 bridgehead atoms. The molecule has 0 aliphatic rings. The predicted molar refractivity (Wildman–Crippen MR) is 62.5 cm³/mol. The lowest BCUT2D eigenvalue weighted by atomic mass is 10.5. The van der Waals surface area contributed by atoms with Crippen LogP contribution in [0.1, 0.15) is 5.76 Å². The quantitative estimate of drug-likeness (QED) is 0.770. The van der Waals surface area contributed by atoms with E-state index in [1.54, 1.807) is 30.1 Å². The lowest BCUT2D eigenvalue weighted by molar-refractivity contribution is 0.532. The Labute approximate surface area is 102 Å². The van der Waals surface area contributed by atoms with Crippen LogP contribution in [0.5, 0.6) is 0 Å². The van der Waals surface area contributed by atoms with Gasteiger partial charge in [0, 0.05) is 11.2 Å². The Bertz CT molecular complexity index is 458. The maximum atomic E-state index is 5.83. The Morgan fingerprint density at radius 2 is 2.13 bits per heavy atom. The molecule has 5 heteroatoms. The molecular weight excluding hydrogens is 253 g/mol. The van der Waals surface area contributed by atoms with Gasteiger partial charge >= 0.3 is 0 Å². The number of thioether (sulfide) groups is 1. The molecule has 0 atom stereocenters. The van der Waals surface area contributed by atoms with E-state index in [-0.39, 0.29) is 0 Å². The molecule has 0 aliphatic carbocycles. The van der Waals surface area contributed by atoms with E-state index in [2.05, 4.69) is 4.98 Å². The maximum Gasteiger partial charge on any atom is 0.193 e. The van der Waals surface area contributed by atoms with E-state index >= 15 is 0 Å². The van der Waals surface area contributed by atoms with Gasteiger partial charge in [0.05, 0.1) is 10.8 Å². The van der Waals surface area contributed by atoms with Crippen LogP contribution in [0.15, 0.2) is 39.9 Å². The molecule has 0 fully saturated rings. The smallest absolute Gasteiger partial charge is 0.193 e. The Hall–Kier alpha value is -0.640.